The monoisotopic (exact) mass is 352 g/mol. The minimum absolute atomic E-state index is 0.410. The van der Waals surface area contributed by atoms with Crippen LogP contribution in [0.3, 0.4) is 0 Å². The van der Waals surface area contributed by atoms with E-state index < -0.39 is 0 Å². The van der Waals surface area contributed by atoms with Crippen LogP contribution >= 0.6 is 27.5 Å². The largest absolute Gasteiger partial charge is 0.338 e. The van der Waals surface area contributed by atoms with E-state index in [-0.39, 0.29) is 0 Å². The predicted molar refractivity (Wildman–Crippen MR) is 83.9 cm³/mol. The van der Waals surface area contributed by atoms with Crippen LogP contribution in [-0.4, -0.2) is 19.1 Å². The first-order valence-corrected chi connectivity index (χ1v) is 7.68. The van der Waals surface area contributed by atoms with Crippen molar-refractivity contribution < 1.29 is 0 Å². The number of alkyl halides is 1. The van der Waals surface area contributed by atoms with Gasteiger partial charge < -0.3 is 9.13 Å². The van der Waals surface area contributed by atoms with Crippen LogP contribution in [0.15, 0.2) is 35.1 Å². The lowest BCUT2D eigenvalue weighted by Gasteiger charge is -2.07. The number of imidazole rings is 2. The lowest BCUT2D eigenvalue weighted by molar-refractivity contribution is 0.646. The average Bonchev–Trinajstić information content (AvgIpc) is 2.99. The van der Waals surface area contributed by atoms with Crippen molar-refractivity contribution >= 4 is 38.6 Å². The predicted octanol–water partition coefficient (Wildman–Crippen LogP) is 3.51. The first kappa shape index (κ1) is 13.6. The van der Waals surface area contributed by atoms with Crippen molar-refractivity contribution in [1.29, 1.82) is 0 Å². The fraction of sp³-hybridized carbons (Fsp3) is 0.286. The minimum Gasteiger partial charge on any atom is -0.338 e. The van der Waals surface area contributed by atoms with Gasteiger partial charge in [-0.3, -0.25) is 0 Å². The summed E-state index contributed by atoms with van der Waals surface area (Å²) in [5.41, 5.74) is 2.08. The number of hydrogen-bond donors (Lipinski definition) is 0. The second kappa shape index (κ2) is 5.58. The van der Waals surface area contributed by atoms with Gasteiger partial charge in [0.1, 0.15) is 11.6 Å². The second-order valence-corrected chi connectivity index (χ2v) is 5.83. The third kappa shape index (κ3) is 2.47. The van der Waals surface area contributed by atoms with E-state index in [9.17, 15) is 0 Å². The zero-order chi connectivity index (χ0) is 14.1. The first-order valence-electron chi connectivity index (χ1n) is 6.36. The molecule has 0 bridgehead atoms. The molecule has 1 aromatic carbocycles. The second-order valence-electron chi connectivity index (χ2n) is 4.65. The fourth-order valence-electron chi connectivity index (χ4n) is 2.35. The lowest BCUT2D eigenvalue weighted by Crippen LogP contribution is -2.08. The standard InChI is InChI=1S/C14H14BrClN4/c1-19-7-5-17-13(19)4-6-20-12-3-2-10(15)8-11(12)18-14(20)9-16/h2-3,5,7-8H,4,6,9H2,1H3. The van der Waals surface area contributed by atoms with Crippen molar-refractivity contribution in [1.82, 2.24) is 19.1 Å². The summed E-state index contributed by atoms with van der Waals surface area (Å²) in [6, 6.07) is 6.11. The Hall–Kier alpha value is -1.33. The Morgan fingerprint density at radius 3 is 2.85 bits per heavy atom. The Morgan fingerprint density at radius 1 is 1.30 bits per heavy atom. The van der Waals surface area contributed by atoms with E-state index in [1.54, 1.807) is 0 Å². The topological polar surface area (TPSA) is 35.6 Å². The first-order chi connectivity index (χ1) is 9.69. The van der Waals surface area contributed by atoms with Crippen molar-refractivity contribution in [3.63, 3.8) is 0 Å². The Balaban J connectivity index is 1.95. The molecule has 0 aliphatic rings. The summed E-state index contributed by atoms with van der Waals surface area (Å²) >= 11 is 9.49. The maximum atomic E-state index is 6.02. The number of nitrogens with zero attached hydrogens (tertiary/aromatic N) is 4. The van der Waals surface area contributed by atoms with Crippen molar-refractivity contribution in [2.45, 2.75) is 18.8 Å². The summed E-state index contributed by atoms with van der Waals surface area (Å²) in [5, 5.41) is 0. The van der Waals surface area contributed by atoms with Gasteiger partial charge in [0.2, 0.25) is 0 Å². The number of aryl methyl sites for hydroxylation is 3. The Kier molecular flexibility index (Phi) is 3.81. The number of benzene rings is 1. The molecule has 0 unspecified atom stereocenters. The highest BCUT2D eigenvalue weighted by atomic mass is 79.9. The highest BCUT2D eigenvalue weighted by Crippen LogP contribution is 2.22. The molecule has 0 fully saturated rings. The quantitative estimate of drug-likeness (QED) is 0.673. The van der Waals surface area contributed by atoms with E-state index in [2.05, 4.69) is 36.5 Å². The van der Waals surface area contributed by atoms with Crippen LogP contribution in [0.4, 0.5) is 0 Å². The van der Waals surface area contributed by atoms with Gasteiger partial charge in [-0.1, -0.05) is 15.9 Å². The molecular formula is C14H14BrClN4. The van der Waals surface area contributed by atoms with Crippen LogP contribution in [0.1, 0.15) is 11.6 Å². The van der Waals surface area contributed by atoms with E-state index in [4.69, 9.17) is 11.6 Å². The van der Waals surface area contributed by atoms with Crippen LogP contribution in [0.25, 0.3) is 11.0 Å². The molecule has 2 heterocycles. The molecule has 3 aromatic rings. The van der Waals surface area contributed by atoms with Gasteiger partial charge in [-0.25, -0.2) is 9.97 Å². The highest BCUT2D eigenvalue weighted by Gasteiger charge is 2.11. The van der Waals surface area contributed by atoms with Gasteiger partial charge in [0, 0.05) is 36.9 Å². The molecule has 0 radical (unpaired) electrons. The number of aromatic nitrogens is 4. The number of hydrogen-bond acceptors (Lipinski definition) is 2. The third-order valence-electron chi connectivity index (χ3n) is 3.39. The molecule has 0 atom stereocenters. The van der Waals surface area contributed by atoms with Gasteiger partial charge in [0.15, 0.2) is 0 Å². The summed E-state index contributed by atoms with van der Waals surface area (Å²) in [6.07, 6.45) is 4.64. The maximum absolute atomic E-state index is 6.02. The summed E-state index contributed by atoms with van der Waals surface area (Å²) in [4.78, 5) is 8.94. The van der Waals surface area contributed by atoms with E-state index >= 15 is 0 Å². The maximum Gasteiger partial charge on any atom is 0.124 e. The molecule has 2 aromatic heterocycles. The summed E-state index contributed by atoms with van der Waals surface area (Å²) < 4.78 is 5.24. The smallest absolute Gasteiger partial charge is 0.124 e. The number of halogens is 2. The molecule has 6 heteroatoms. The zero-order valence-corrected chi connectivity index (χ0v) is 13.4. The van der Waals surface area contributed by atoms with Gasteiger partial charge in [-0.05, 0) is 18.2 Å². The fourth-order valence-corrected chi connectivity index (χ4v) is 2.91. The summed E-state index contributed by atoms with van der Waals surface area (Å²) in [7, 11) is 2.01. The van der Waals surface area contributed by atoms with E-state index in [0.717, 1.165) is 40.1 Å². The van der Waals surface area contributed by atoms with Crippen LogP contribution in [0.5, 0.6) is 0 Å². The zero-order valence-electron chi connectivity index (χ0n) is 11.1. The minimum atomic E-state index is 0.410. The molecular weight excluding hydrogens is 340 g/mol. The molecule has 0 aliphatic heterocycles. The molecule has 0 saturated carbocycles. The summed E-state index contributed by atoms with van der Waals surface area (Å²) in [5.74, 6) is 2.37. The molecule has 104 valence electrons. The molecule has 3 rings (SSSR count). The van der Waals surface area contributed by atoms with Gasteiger partial charge in [-0.2, -0.15) is 0 Å². The van der Waals surface area contributed by atoms with Crippen molar-refractivity contribution in [3.8, 4) is 0 Å². The molecule has 0 amide bonds. The normalized spacial score (nSPS) is 11.3. The third-order valence-corrected chi connectivity index (χ3v) is 4.12. The van der Waals surface area contributed by atoms with Crippen molar-refractivity contribution in [2.24, 2.45) is 7.05 Å². The number of fused-ring (bicyclic) bond motifs is 1. The lowest BCUT2D eigenvalue weighted by atomic mass is 10.3. The highest BCUT2D eigenvalue weighted by molar-refractivity contribution is 9.10. The van der Waals surface area contributed by atoms with Crippen LogP contribution in [0, 0.1) is 0 Å². The van der Waals surface area contributed by atoms with Crippen molar-refractivity contribution in [2.75, 3.05) is 0 Å². The molecule has 0 saturated heterocycles. The van der Waals surface area contributed by atoms with Gasteiger partial charge in [0.25, 0.3) is 0 Å². The molecule has 20 heavy (non-hydrogen) atoms. The molecule has 0 spiro atoms. The van der Waals surface area contributed by atoms with E-state index in [0.29, 0.717) is 5.88 Å². The van der Waals surface area contributed by atoms with Gasteiger partial charge in [-0.15, -0.1) is 11.6 Å². The number of rotatable bonds is 4. The van der Waals surface area contributed by atoms with Crippen LogP contribution in [-0.2, 0) is 25.9 Å². The van der Waals surface area contributed by atoms with E-state index in [1.165, 1.54) is 0 Å². The van der Waals surface area contributed by atoms with E-state index in [1.807, 2.05) is 36.1 Å². The van der Waals surface area contributed by atoms with Crippen molar-refractivity contribution in [3.05, 3.63) is 46.7 Å². The Labute approximate surface area is 130 Å². The molecule has 4 nitrogen and oxygen atoms in total. The average molecular weight is 354 g/mol. The summed E-state index contributed by atoms with van der Waals surface area (Å²) in [6.45, 7) is 0.824. The SMILES string of the molecule is Cn1ccnc1CCn1c(CCl)nc2cc(Br)ccc21. The van der Waals surface area contributed by atoms with Gasteiger partial charge >= 0.3 is 0 Å². The van der Waals surface area contributed by atoms with Gasteiger partial charge in [0.05, 0.1) is 16.9 Å². The van der Waals surface area contributed by atoms with Crippen LogP contribution < -0.4 is 0 Å². The van der Waals surface area contributed by atoms with Crippen LogP contribution in [0.2, 0.25) is 0 Å². The molecule has 0 N–H and O–H groups in total. The Morgan fingerprint density at radius 2 is 2.15 bits per heavy atom. The molecule has 0 aliphatic carbocycles. The Bertz CT molecular complexity index is 747.